The summed E-state index contributed by atoms with van der Waals surface area (Å²) < 4.78 is 5.27. The summed E-state index contributed by atoms with van der Waals surface area (Å²) in [5.74, 6) is 0.922. The van der Waals surface area contributed by atoms with E-state index in [-0.39, 0.29) is 12.1 Å². The van der Waals surface area contributed by atoms with Crippen molar-refractivity contribution in [1.82, 2.24) is 15.3 Å². The Labute approximate surface area is 119 Å². The summed E-state index contributed by atoms with van der Waals surface area (Å²) in [5, 5.41) is 2.94. The van der Waals surface area contributed by atoms with Crippen LogP contribution in [0.4, 0.5) is 10.7 Å². The van der Waals surface area contributed by atoms with E-state index in [1.807, 2.05) is 27.0 Å². The van der Waals surface area contributed by atoms with Crippen LogP contribution in [0.25, 0.3) is 0 Å². The van der Waals surface area contributed by atoms with Crippen LogP contribution in [0.1, 0.15) is 58.1 Å². The molecule has 1 aromatic heterocycles. The van der Waals surface area contributed by atoms with Gasteiger partial charge in [-0.2, -0.15) is 0 Å². The van der Waals surface area contributed by atoms with Gasteiger partial charge < -0.3 is 20.8 Å². The number of ether oxygens (including phenoxy) is 1. The van der Waals surface area contributed by atoms with E-state index in [4.69, 9.17) is 10.5 Å². The second-order valence-electron chi connectivity index (χ2n) is 6.42. The Hall–Kier alpha value is -1.72. The molecule has 1 aliphatic carbocycles. The highest BCUT2D eigenvalue weighted by molar-refractivity contribution is 5.68. The molecule has 1 fully saturated rings. The number of aromatic nitrogens is 2. The van der Waals surface area contributed by atoms with Crippen molar-refractivity contribution in [1.29, 1.82) is 0 Å². The van der Waals surface area contributed by atoms with Crippen molar-refractivity contribution in [3.8, 4) is 0 Å². The number of nitrogens with zero attached hydrogens (tertiary/aromatic N) is 1. The monoisotopic (exact) mass is 280 g/mol. The van der Waals surface area contributed by atoms with E-state index in [2.05, 4.69) is 15.3 Å². The van der Waals surface area contributed by atoms with Gasteiger partial charge in [0, 0.05) is 17.7 Å². The van der Waals surface area contributed by atoms with Gasteiger partial charge in [0.1, 0.15) is 5.60 Å². The number of alkyl carbamates (subject to hydrolysis) is 1. The number of nitrogen functional groups attached to an aromatic ring is 1. The number of carbonyl (C=O) groups excluding carboxylic acids is 1. The lowest BCUT2D eigenvalue weighted by atomic mass is 9.84. The number of amides is 1. The summed E-state index contributed by atoms with van der Waals surface area (Å²) in [6.07, 6.45) is 5.41. The number of imidazole rings is 1. The Morgan fingerprint density at radius 1 is 1.40 bits per heavy atom. The molecule has 0 aliphatic heterocycles. The third kappa shape index (κ3) is 4.15. The molecular weight excluding hydrogens is 256 g/mol. The number of H-pyrrole nitrogens is 1. The molecule has 1 amide bonds. The molecule has 112 valence electrons. The van der Waals surface area contributed by atoms with Crippen molar-refractivity contribution in [3.05, 3.63) is 11.9 Å². The van der Waals surface area contributed by atoms with Crippen molar-refractivity contribution in [3.63, 3.8) is 0 Å². The lowest BCUT2D eigenvalue weighted by Crippen LogP contribution is -2.40. The van der Waals surface area contributed by atoms with Gasteiger partial charge in [-0.05, 0) is 46.5 Å². The van der Waals surface area contributed by atoms with Gasteiger partial charge in [-0.1, -0.05) is 0 Å². The smallest absolute Gasteiger partial charge is 0.407 e. The molecule has 1 aromatic rings. The molecule has 0 unspecified atom stereocenters. The molecule has 0 saturated heterocycles. The zero-order valence-electron chi connectivity index (χ0n) is 12.4. The van der Waals surface area contributed by atoms with Gasteiger partial charge in [-0.15, -0.1) is 0 Å². The number of aromatic amines is 1. The van der Waals surface area contributed by atoms with Crippen LogP contribution in [0.3, 0.4) is 0 Å². The normalized spacial score (nSPS) is 23.4. The lowest BCUT2D eigenvalue weighted by molar-refractivity contribution is 0.0491. The summed E-state index contributed by atoms with van der Waals surface area (Å²) in [4.78, 5) is 18.8. The number of nitrogens with one attached hydrogen (secondary N) is 2. The molecular formula is C14H24N4O2. The van der Waals surface area contributed by atoms with Crippen LogP contribution in [-0.4, -0.2) is 27.7 Å². The van der Waals surface area contributed by atoms with Crippen molar-refractivity contribution in [2.24, 2.45) is 0 Å². The number of rotatable bonds is 2. The van der Waals surface area contributed by atoms with E-state index in [0.29, 0.717) is 11.9 Å². The molecule has 0 aromatic carbocycles. The van der Waals surface area contributed by atoms with Crippen LogP contribution in [-0.2, 0) is 4.74 Å². The Kier molecular flexibility index (Phi) is 4.20. The fraction of sp³-hybridized carbons (Fsp3) is 0.714. The minimum atomic E-state index is -0.450. The third-order valence-electron chi connectivity index (χ3n) is 3.50. The van der Waals surface area contributed by atoms with Crippen LogP contribution in [0.2, 0.25) is 0 Å². The van der Waals surface area contributed by atoms with Crippen molar-refractivity contribution in [2.45, 2.75) is 64.0 Å². The van der Waals surface area contributed by atoms with Gasteiger partial charge in [0.15, 0.2) is 5.95 Å². The summed E-state index contributed by atoms with van der Waals surface area (Å²) in [7, 11) is 0. The first-order valence-electron chi connectivity index (χ1n) is 7.13. The highest BCUT2D eigenvalue weighted by atomic mass is 16.6. The summed E-state index contributed by atoms with van der Waals surface area (Å²) in [6.45, 7) is 5.60. The standard InChI is InChI=1S/C14H24N4O2/c1-14(2,3)20-13(19)17-10-6-4-9(5-7-10)11-8-16-12(15)18-11/h8-10H,4-7H2,1-3H3,(H,17,19)(H3,15,16,18). The predicted octanol–water partition coefficient (Wildman–Crippen LogP) is 2.54. The average molecular weight is 280 g/mol. The molecule has 1 aliphatic rings. The van der Waals surface area contributed by atoms with Gasteiger partial charge in [-0.3, -0.25) is 0 Å². The van der Waals surface area contributed by atoms with E-state index < -0.39 is 5.60 Å². The second kappa shape index (κ2) is 5.73. The summed E-state index contributed by atoms with van der Waals surface area (Å²) >= 11 is 0. The van der Waals surface area contributed by atoms with Crippen LogP contribution in [0.5, 0.6) is 0 Å². The van der Waals surface area contributed by atoms with E-state index in [9.17, 15) is 4.79 Å². The van der Waals surface area contributed by atoms with Gasteiger partial charge >= 0.3 is 6.09 Å². The average Bonchev–Trinajstić information content (AvgIpc) is 2.74. The van der Waals surface area contributed by atoms with Crippen molar-refractivity contribution >= 4 is 12.0 Å². The Bertz CT molecular complexity index is 456. The highest BCUT2D eigenvalue weighted by Crippen LogP contribution is 2.32. The molecule has 4 N–H and O–H groups in total. The Morgan fingerprint density at radius 2 is 2.05 bits per heavy atom. The molecule has 20 heavy (non-hydrogen) atoms. The summed E-state index contributed by atoms with van der Waals surface area (Å²) in [5.41, 5.74) is 6.24. The van der Waals surface area contributed by atoms with Gasteiger partial charge in [0.25, 0.3) is 0 Å². The molecule has 2 rings (SSSR count). The number of nitrogens with two attached hydrogens (primary N) is 1. The first kappa shape index (κ1) is 14.7. The highest BCUT2D eigenvalue weighted by Gasteiger charge is 2.26. The van der Waals surface area contributed by atoms with E-state index in [0.717, 1.165) is 31.4 Å². The Balaban J connectivity index is 1.78. The second-order valence-corrected chi connectivity index (χ2v) is 6.42. The minimum absolute atomic E-state index is 0.196. The number of hydrogen-bond donors (Lipinski definition) is 3. The molecule has 6 heteroatoms. The van der Waals surface area contributed by atoms with Crippen LogP contribution >= 0.6 is 0 Å². The van der Waals surface area contributed by atoms with Gasteiger partial charge in [0.05, 0.1) is 6.20 Å². The first-order valence-corrected chi connectivity index (χ1v) is 7.13. The maximum atomic E-state index is 11.7. The molecule has 0 atom stereocenters. The van der Waals surface area contributed by atoms with Gasteiger partial charge in [-0.25, -0.2) is 9.78 Å². The molecule has 0 spiro atoms. The maximum Gasteiger partial charge on any atom is 0.407 e. The molecule has 6 nitrogen and oxygen atoms in total. The van der Waals surface area contributed by atoms with Crippen LogP contribution < -0.4 is 11.1 Å². The van der Waals surface area contributed by atoms with E-state index in [1.165, 1.54) is 0 Å². The number of anilines is 1. The topological polar surface area (TPSA) is 93.0 Å². The molecule has 1 heterocycles. The predicted molar refractivity (Wildman–Crippen MR) is 77.4 cm³/mol. The molecule has 0 radical (unpaired) electrons. The molecule has 1 saturated carbocycles. The zero-order chi connectivity index (χ0) is 14.8. The number of hydrogen-bond acceptors (Lipinski definition) is 4. The third-order valence-corrected chi connectivity index (χ3v) is 3.50. The lowest BCUT2D eigenvalue weighted by Gasteiger charge is -2.29. The van der Waals surface area contributed by atoms with Crippen LogP contribution in [0, 0.1) is 0 Å². The van der Waals surface area contributed by atoms with Gasteiger partial charge in [0.2, 0.25) is 0 Å². The Morgan fingerprint density at radius 3 is 2.55 bits per heavy atom. The quantitative estimate of drug-likeness (QED) is 0.776. The fourth-order valence-electron chi connectivity index (χ4n) is 2.58. The largest absolute Gasteiger partial charge is 0.444 e. The first-order chi connectivity index (χ1) is 9.33. The minimum Gasteiger partial charge on any atom is -0.444 e. The van der Waals surface area contributed by atoms with Crippen LogP contribution in [0.15, 0.2) is 6.20 Å². The number of carbonyl (C=O) groups is 1. The van der Waals surface area contributed by atoms with Crippen molar-refractivity contribution < 1.29 is 9.53 Å². The summed E-state index contributed by atoms with van der Waals surface area (Å²) in [6, 6.07) is 0.196. The SMILES string of the molecule is CC(C)(C)OC(=O)NC1CCC(c2cnc(N)[nH]2)CC1. The van der Waals surface area contributed by atoms with E-state index >= 15 is 0 Å². The van der Waals surface area contributed by atoms with E-state index in [1.54, 1.807) is 0 Å². The zero-order valence-corrected chi connectivity index (χ0v) is 12.4. The molecule has 0 bridgehead atoms. The fourth-order valence-corrected chi connectivity index (χ4v) is 2.58. The maximum absolute atomic E-state index is 11.7. The van der Waals surface area contributed by atoms with Crippen molar-refractivity contribution in [2.75, 3.05) is 5.73 Å².